The molecule has 1 rings (SSSR count). The molecule has 0 aliphatic rings. The maximum atomic E-state index is 5.26. The van der Waals surface area contributed by atoms with E-state index >= 15 is 0 Å². The predicted molar refractivity (Wildman–Crippen MR) is 76.5 cm³/mol. The summed E-state index contributed by atoms with van der Waals surface area (Å²) in [6.07, 6.45) is 2.26. The molecule has 1 aromatic rings. The van der Waals surface area contributed by atoms with Gasteiger partial charge in [0.25, 0.3) is 0 Å². The van der Waals surface area contributed by atoms with Crippen LogP contribution in [0.3, 0.4) is 0 Å². The van der Waals surface area contributed by atoms with Gasteiger partial charge in [-0.15, -0.1) is 0 Å². The Morgan fingerprint density at radius 2 is 2.00 bits per heavy atom. The van der Waals surface area contributed by atoms with Gasteiger partial charge in [-0.1, -0.05) is 19.2 Å². The van der Waals surface area contributed by atoms with Gasteiger partial charge in [0.2, 0.25) is 0 Å². The lowest BCUT2D eigenvalue weighted by Crippen LogP contribution is -2.20. The molecule has 0 fully saturated rings. The minimum atomic E-state index is 0.610. The Bertz CT molecular complexity index is 429. The molecule has 1 N–H and O–H groups in total. The van der Waals surface area contributed by atoms with Gasteiger partial charge in [0.05, 0.1) is 27.0 Å². The Morgan fingerprint density at radius 1 is 1.26 bits per heavy atom. The molecule has 0 amide bonds. The van der Waals surface area contributed by atoms with Crippen LogP contribution in [0.2, 0.25) is 0 Å². The number of rotatable bonds is 9. The van der Waals surface area contributed by atoms with Crippen molar-refractivity contribution in [2.24, 2.45) is 0 Å². The first-order valence-electron chi connectivity index (χ1n) is 6.08. The van der Waals surface area contributed by atoms with Gasteiger partial charge in [-0.3, -0.25) is 0 Å². The number of hydrogen-bond acceptors (Lipinski definition) is 4. The smallest absolute Gasteiger partial charge is 0.160 e. The van der Waals surface area contributed by atoms with E-state index in [9.17, 15) is 0 Å². The van der Waals surface area contributed by atoms with Crippen molar-refractivity contribution in [3.8, 4) is 11.5 Å². The van der Waals surface area contributed by atoms with Crippen molar-refractivity contribution < 1.29 is 14.2 Å². The molecule has 0 aliphatic heterocycles. The number of benzene rings is 1. The van der Waals surface area contributed by atoms with Crippen LogP contribution < -0.4 is 14.8 Å². The maximum absolute atomic E-state index is 5.26. The largest absolute Gasteiger partial charge is 0.493 e. The summed E-state index contributed by atoms with van der Waals surface area (Å²) in [5, 5.41) is 3.24. The Balaban J connectivity index is 2.41. The maximum Gasteiger partial charge on any atom is 0.160 e. The highest BCUT2D eigenvalue weighted by molar-refractivity contribution is 5.42. The summed E-state index contributed by atoms with van der Waals surface area (Å²) in [6, 6.07) is 5.92. The van der Waals surface area contributed by atoms with E-state index < -0.39 is 0 Å². The van der Waals surface area contributed by atoms with Crippen LogP contribution >= 0.6 is 0 Å². The summed E-state index contributed by atoms with van der Waals surface area (Å²) >= 11 is 0. The Morgan fingerprint density at radius 3 is 2.63 bits per heavy atom. The fourth-order valence-corrected chi connectivity index (χ4v) is 1.66. The van der Waals surface area contributed by atoms with E-state index in [1.54, 1.807) is 14.2 Å². The van der Waals surface area contributed by atoms with Crippen LogP contribution in [0.15, 0.2) is 43.4 Å². The third-order valence-electron chi connectivity index (χ3n) is 2.61. The summed E-state index contributed by atoms with van der Waals surface area (Å²) in [7, 11) is 3.26. The van der Waals surface area contributed by atoms with Crippen molar-refractivity contribution in [1.82, 2.24) is 5.32 Å². The lowest BCUT2D eigenvalue weighted by atomic mass is 10.1. The molecule has 0 atom stereocenters. The lowest BCUT2D eigenvalue weighted by molar-refractivity contribution is 0.339. The molecule has 0 bridgehead atoms. The normalized spacial score (nSPS) is 9.79. The molecule has 0 aliphatic carbocycles. The SMILES string of the molecule is C=COC(=C)CNCCc1ccc(OC)c(OC)c1. The van der Waals surface area contributed by atoms with Crippen LogP contribution in [0.1, 0.15) is 5.56 Å². The van der Waals surface area contributed by atoms with Gasteiger partial charge in [-0.25, -0.2) is 0 Å². The highest BCUT2D eigenvalue weighted by Gasteiger charge is 2.04. The van der Waals surface area contributed by atoms with Crippen molar-refractivity contribution in [1.29, 1.82) is 0 Å². The van der Waals surface area contributed by atoms with E-state index in [0.29, 0.717) is 12.3 Å². The average Bonchev–Trinajstić information content (AvgIpc) is 2.43. The van der Waals surface area contributed by atoms with Crippen molar-refractivity contribution in [3.63, 3.8) is 0 Å². The molecule has 19 heavy (non-hydrogen) atoms. The predicted octanol–water partition coefficient (Wildman–Crippen LogP) is 2.51. The molecular formula is C15H21NO3. The highest BCUT2D eigenvalue weighted by Crippen LogP contribution is 2.27. The van der Waals surface area contributed by atoms with Gasteiger partial charge >= 0.3 is 0 Å². The van der Waals surface area contributed by atoms with Crippen LogP contribution in [-0.4, -0.2) is 27.3 Å². The van der Waals surface area contributed by atoms with Gasteiger partial charge in [0.15, 0.2) is 11.5 Å². The van der Waals surface area contributed by atoms with Gasteiger partial charge in [-0.05, 0) is 30.7 Å². The third kappa shape index (κ3) is 5.06. The monoisotopic (exact) mass is 263 g/mol. The second-order valence-electron chi connectivity index (χ2n) is 3.94. The lowest BCUT2D eigenvalue weighted by Gasteiger charge is -2.10. The van der Waals surface area contributed by atoms with Crippen LogP contribution in [0.5, 0.6) is 11.5 Å². The first-order valence-corrected chi connectivity index (χ1v) is 6.08. The molecule has 4 nitrogen and oxygen atoms in total. The molecule has 0 radical (unpaired) electrons. The molecule has 0 saturated heterocycles. The van der Waals surface area contributed by atoms with Gasteiger partial charge in [0.1, 0.15) is 5.76 Å². The molecule has 0 spiro atoms. The summed E-state index contributed by atoms with van der Waals surface area (Å²) in [6.45, 7) is 8.66. The Hall–Kier alpha value is -1.94. The van der Waals surface area contributed by atoms with Gasteiger partial charge in [0, 0.05) is 0 Å². The van der Waals surface area contributed by atoms with Crippen molar-refractivity contribution >= 4 is 0 Å². The minimum Gasteiger partial charge on any atom is -0.493 e. The Kier molecular flexibility index (Phi) is 6.53. The Labute approximate surface area is 114 Å². The van der Waals surface area contributed by atoms with Gasteiger partial charge in [-0.2, -0.15) is 0 Å². The van der Waals surface area contributed by atoms with E-state index in [1.807, 2.05) is 18.2 Å². The average molecular weight is 263 g/mol. The molecule has 0 unspecified atom stereocenters. The van der Waals surface area contributed by atoms with Crippen LogP contribution in [-0.2, 0) is 11.2 Å². The van der Waals surface area contributed by atoms with E-state index in [2.05, 4.69) is 18.5 Å². The second kappa shape index (κ2) is 8.21. The molecule has 4 heteroatoms. The molecular weight excluding hydrogens is 242 g/mol. The highest BCUT2D eigenvalue weighted by atomic mass is 16.5. The van der Waals surface area contributed by atoms with E-state index in [-0.39, 0.29) is 0 Å². The number of methoxy groups -OCH3 is 2. The topological polar surface area (TPSA) is 39.7 Å². The van der Waals surface area contributed by atoms with Gasteiger partial charge < -0.3 is 19.5 Å². The van der Waals surface area contributed by atoms with Crippen LogP contribution in [0.25, 0.3) is 0 Å². The van der Waals surface area contributed by atoms with Crippen molar-refractivity contribution in [2.75, 3.05) is 27.3 Å². The first-order chi connectivity index (χ1) is 9.21. The molecule has 0 saturated carbocycles. The first kappa shape index (κ1) is 15.1. The molecule has 0 heterocycles. The third-order valence-corrected chi connectivity index (χ3v) is 2.61. The fraction of sp³-hybridized carbons (Fsp3) is 0.333. The van der Waals surface area contributed by atoms with Crippen molar-refractivity contribution in [2.45, 2.75) is 6.42 Å². The second-order valence-corrected chi connectivity index (χ2v) is 3.94. The van der Waals surface area contributed by atoms with Crippen LogP contribution in [0.4, 0.5) is 0 Å². The van der Waals surface area contributed by atoms with E-state index in [4.69, 9.17) is 14.2 Å². The zero-order valence-corrected chi connectivity index (χ0v) is 11.6. The summed E-state index contributed by atoms with van der Waals surface area (Å²) < 4.78 is 15.5. The molecule has 104 valence electrons. The molecule has 1 aromatic carbocycles. The summed E-state index contributed by atoms with van der Waals surface area (Å²) in [4.78, 5) is 0. The summed E-state index contributed by atoms with van der Waals surface area (Å²) in [5.74, 6) is 2.15. The van der Waals surface area contributed by atoms with Crippen LogP contribution in [0, 0.1) is 0 Å². The van der Waals surface area contributed by atoms with E-state index in [0.717, 1.165) is 24.5 Å². The fourth-order valence-electron chi connectivity index (χ4n) is 1.66. The van der Waals surface area contributed by atoms with E-state index in [1.165, 1.54) is 11.8 Å². The quantitative estimate of drug-likeness (QED) is 0.549. The van der Waals surface area contributed by atoms with Crippen molar-refractivity contribution in [3.05, 3.63) is 48.9 Å². The minimum absolute atomic E-state index is 0.610. The number of ether oxygens (including phenoxy) is 3. The standard InChI is InChI=1S/C15H21NO3/c1-5-19-12(2)11-16-9-8-13-6-7-14(17-3)15(10-13)18-4/h5-7,10,16H,1-2,8-9,11H2,3-4H3. The summed E-state index contributed by atoms with van der Waals surface area (Å²) in [5.41, 5.74) is 1.18. The zero-order chi connectivity index (χ0) is 14.1. The molecule has 0 aromatic heterocycles. The number of nitrogens with one attached hydrogen (secondary N) is 1. The number of hydrogen-bond donors (Lipinski definition) is 1. The zero-order valence-electron chi connectivity index (χ0n) is 11.6.